The molecular formula is C43H58N2O2. The fourth-order valence-corrected chi connectivity index (χ4v) is 6.20. The molecule has 0 unspecified atom stereocenters. The zero-order valence-electron chi connectivity index (χ0n) is 30.3. The molecule has 0 aliphatic carbocycles. The lowest BCUT2D eigenvalue weighted by molar-refractivity contribution is 0.463. The Balaban J connectivity index is 0.000000353. The van der Waals surface area contributed by atoms with Crippen molar-refractivity contribution in [2.45, 2.75) is 126 Å². The van der Waals surface area contributed by atoms with Crippen molar-refractivity contribution in [3.8, 4) is 11.5 Å². The largest absolute Gasteiger partial charge is 0.507 e. The normalized spacial score (nSPS) is 11.9. The van der Waals surface area contributed by atoms with Gasteiger partial charge in [-0.2, -0.15) is 0 Å². The smallest absolute Gasteiger partial charge is 0.127 e. The Morgan fingerprint density at radius 3 is 1.34 bits per heavy atom. The third kappa shape index (κ3) is 10.8. The molecule has 4 nitrogen and oxygen atoms in total. The van der Waals surface area contributed by atoms with E-state index in [2.05, 4.69) is 77.9 Å². The van der Waals surface area contributed by atoms with Gasteiger partial charge in [-0.25, -0.2) is 0 Å². The number of hydrogen-bond acceptors (Lipinski definition) is 4. The van der Waals surface area contributed by atoms with Crippen LogP contribution in [0.1, 0.15) is 120 Å². The van der Waals surface area contributed by atoms with Crippen LogP contribution in [0.4, 0.5) is 11.4 Å². The maximum Gasteiger partial charge on any atom is 0.127 e. The van der Waals surface area contributed by atoms with Crippen LogP contribution in [0.5, 0.6) is 11.5 Å². The summed E-state index contributed by atoms with van der Waals surface area (Å²) >= 11 is 0. The van der Waals surface area contributed by atoms with Crippen LogP contribution in [-0.2, 0) is 25.7 Å². The topological polar surface area (TPSA) is 65.2 Å². The summed E-state index contributed by atoms with van der Waals surface area (Å²) in [7, 11) is 0. The average molecular weight is 635 g/mol. The molecule has 0 radical (unpaired) electrons. The molecule has 47 heavy (non-hydrogen) atoms. The number of aliphatic imine (C=N–C) groups is 2. The second-order valence-corrected chi connectivity index (χ2v) is 12.7. The summed E-state index contributed by atoms with van der Waals surface area (Å²) in [6, 6.07) is 20.7. The molecule has 0 fully saturated rings. The third-order valence-corrected chi connectivity index (χ3v) is 8.84. The van der Waals surface area contributed by atoms with Crippen LogP contribution in [0.15, 0.2) is 70.6 Å². The minimum absolute atomic E-state index is 0.137. The summed E-state index contributed by atoms with van der Waals surface area (Å²) in [5, 5.41) is 20.7. The van der Waals surface area contributed by atoms with Crippen LogP contribution >= 0.6 is 0 Å². The predicted octanol–water partition coefficient (Wildman–Crippen LogP) is 12.4. The first kappa shape index (κ1) is 37.5. The van der Waals surface area contributed by atoms with Gasteiger partial charge < -0.3 is 10.2 Å². The highest BCUT2D eigenvalue weighted by atomic mass is 16.3. The molecule has 0 saturated carbocycles. The van der Waals surface area contributed by atoms with Gasteiger partial charge in [0, 0.05) is 0 Å². The van der Waals surface area contributed by atoms with Gasteiger partial charge in [-0.1, -0.05) is 85.1 Å². The SMILES string of the molecule is CCCCCC(=Nc1ccc(CC)c(CC)c1)C(CCCC)=Nc1ccc(CC)c(CC)c1.Cc1cc(O)c2c(O)cc(C)cc2c1. The number of unbranched alkanes of at least 4 members (excludes halogenated alkanes) is 3. The Kier molecular flexibility index (Phi) is 15.2. The van der Waals surface area contributed by atoms with Gasteiger partial charge >= 0.3 is 0 Å². The lowest BCUT2D eigenvalue weighted by Gasteiger charge is -2.13. The average Bonchev–Trinajstić information content (AvgIpc) is 3.05. The summed E-state index contributed by atoms with van der Waals surface area (Å²) in [5.41, 5.74) is 12.2. The van der Waals surface area contributed by atoms with Gasteiger partial charge in [0.2, 0.25) is 0 Å². The molecule has 0 bridgehead atoms. The Labute approximate surface area is 284 Å². The number of hydrogen-bond donors (Lipinski definition) is 2. The van der Waals surface area contributed by atoms with Crippen LogP contribution in [0.2, 0.25) is 0 Å². The standard InChI is InChI=1S/C31H46N2.C12H12O2/c1-7-13-15-17-31(33-29-21-19-25(10-4)27(12-6)23-29)30(16-14-8-2)32-28-20-18-24(9-3)26(11-5)22-28;1-7-3-9-4-8(2)6-11(14)12(9)10(13)5-7/h18-23H,7-17H2,1-6H3;3-6,13-14H,1-2H3. The van der Waals surface area contributed by atoms with Gasteiger partial charge in [0.15, 0.2) is 0 Å². The first-order valence-corrected chi connectivity index (χ1v) is 18.0. The van der Waals surface area contributed by atoms with Crippen molar-refractivity contribution in [2.24, 2.45) is 9.98 Å². The number of nitrogens with zero attached hydrogens (tertiary/aromatic N) is 2. The molecule has 0 amide bonds. The van der Waals surface area contributed by atoms with Crippen LogP contribution in [0.3, 0.4) is 0 Å². The Hall–Kier alpha value is -3.92. The fourth-order valence-electron chi connectivity index (χ4n) is 6.20. The predicted molar refractivity (Wildman–Crippen MR) is 205 cm³/mol. The number of aryl methyl sites for hydroxylation is 6. The van der Waals surface area contributed by atoms with Crippen LogP contribution < -0.4 is 0 Å². The molecule has 0 aromatic heterocycles. The second-order valence-electron chi connectivity index (χ2n) is 12.7. The zero-order chi connectivity index (χ0) is 34.3. The van der Waals surface area contributed by atoms with Gasteiger partial charge in [0.25, 0.3) is 0 Å². The van der Waals surface area contributed by atoms with Gasteiger partial charge in [-0.05, 0) is 140 Å². The van der Waals surface area contributed by atoms with E-state index in [9.17, 15) is 10.2 Å². The van der Waals surface area contributed by atoms with Crippen molar-refractivity contribution in [1.29, 1.82) is 0 Å². The minimum atomic E-state index is 0.137. The molecule has 0 aliphatic heterocycles. The van der Waals surface area contributed by atoms with Gasteiger partial charge in [0.1, 0.15) is 11.5 Å². The fraction of sp³-hybridized carbons (Fsp3) is 0.442. The van der Waals surface area contributed by atoms with E-state index in [1.54, 1.807) is 12.1 Å². The minimum Gasteiger partial charge on any atom is -0.507 e. The molecule has 0 saturated heterocycles. The highest BCUT2D eigenvalue weighted by Crippen LogP contribution is 2.34. The lowest BCUT2D eigenvalue weighted by Crippen LogP contribution is -2.14. The number of rotatable bonds is 14. The zero-order valence-corrected chi connectivity index (χ0v) is 30.3. The Bertz CT molecular complexity index is 1620. The number of aromatic hydroxyl groups is 2. The van der Waals surface area contributed by atoms with E-state index in [1.807, 2.05) is 26.0 Å². The Morgan fingerprint density at radius 2 is 0.936 bits per heavy atom. The quantitative estimate of drug-likeness (QED) is 0.107. The molecular weight excluding hydrogens is 576 g/mol. The molecule has 0 aliphatic rings. The summed E-state index contributed by atoms with van der Waals surface area (Å²) in [4.78, 5) is 10.4. The summed E-state index contributed by atoms with van der Waals surface area (Å²) in [6.07, 6.45) is 12.2. The van der Waals surface area contributed by atoms with Crippen LogP contribution in [0, 0.1) is 13.8 Å². The number of phenolic OH excluding ortho intramolecular Hbond substituents is 2. The van der Waals surface area contributed by atoms with Gasteiger partial charge in [-0.3, -0.25) is 9.98 Å². The highest BCUT2D eigenvalue weighted by molar-refractivity contribution is 6.43. The van der Waals surface area contributed by atoms with E-state index in [0.29, 0.717) is 5.39 Å². The van der Waals surface area contributed by atoms with E-state index >= 15 is 0 Å². The van der Waals surface area contributed by atoms with Crippen molar-refractivity contribution in [3.05, 3.63) is 94.0 Å². The summed E-state index contributed by atoms with van der Waals surface area (Å²) in [6.45, 7) is 17.3. The van der Waals surface area contributed by atoms with Gasteiger partial charge in [-0.15, -0.1) is 0 Å². The number of phenols is 2. The number of fused-ring (bicyclic) bond motifs is 1. The molecule has 252 valence electrons. The molecule has 2 N–H and O–H groups in total. The maximum atomic E-state index is 9.66. The monoisotopic (exact) mass is 634 g/mol. The molecule has 0 atom stereocenters. The highest BCUT2D eigenvalue weighted by Gasteiger charge is 2.12. The molecule has 4 rings (SSSR count). The van der Waals surface area contributed by atoms with E-state index in [-0.39, 0.29) is 11.5 Å². The molecule has 4 aromatic carbocycles. The first-order chi connectivity index (χ1) is 22.7. The molecule has 4 heteroatoms. The molecule has 4 aromatic rings. The van der Waals surface area contributed by atoms with Gasteiger partial charge in [0.05, 0.1) is 28.2 Å². The van der Waals surface area contributed by atoms with Crippen molar-refractivity contribution >= 4 is 33.6 Å². The van der Waals surface area contributed by atoms with Crippen molar-refractivity contribution < 1.29 is 10.2 Å². The van der Waals surface area contributed by atoms with E-state index in [1.165, 1.54) is 59.4 Å². The van der Waals surface area contributed by atoms with Crippen molar-refractivity contribution in [1.82, 2.24) is 0 Å². The van der Waals surface area contributed by atoms with Crippen molar-refractivity contribution in [2.75, 3.05) is 0 Å². The Morgan fingerprint density at radius 1 is 0.511 bits per heavy atom. The molecule has 0 spiro atoms. The van der Waals surface area contributed by atoms with Crippen molar-refractivity contribution in [3.63, 3.8) is 0 Å². The third-order valence-electron chi connectivity index (χ3n) is 8.84. The molecule has 0 heterocycles. The van der Waals surface area contributed by atoms with Crippen LogP contribution in [0.25, 0.3) is 10.8 Å². The van der Waals surface area contributed by atoms with Crippen LogP contribution in [-0.4, -0.2) is 21.6 Å². The maximum absolute atomic E-state index is 9.66. The first-order valence-electron chi connectivity index (χ1n) is 18.0. The van der Waals surface area contributed by atoms with E-state index in [4.69, 9.17) is 9.98 Å². The van der Waals surface area contributed by atoms with E-state index in [0.717, 1.165) is 72.8 Å². The lowest BCUT2D eigenvalue weighted by atomic mass is 10.00. The summed E-state index contributed by atoms with van der Waals surface area (Å²) in [5.74, 6) is 0.273. The summed E-state index contributed by atoms with van der Waals surface area (Å²) < 4.78 is 0. The second kappa shape index (κ2) is 19.0. The number of benzene rings is 4. The van der Waals surface area contributed by atoms with E-state index < -0.39 is 0 Å².